The molecule has 1 aliphatic rings. The SMILES string of the molecule is CN=C(NCC1CCCO1)NCC(C)c1cccs1. The Hall–Kier alpha value is -1.07. The zero-order chi connectivity index (χ0) is 13.5. The van der Waals surface area contributed by atoms with Crippen molar-refractivity contribution in [2.45, 2.75) is 31.8 Å². The highest BCUT2D eigenvalue weighted by molar-refractivity contribution is 7.10. The third-order valence-electron chi connectivity index (χ3n) is 3.35. The van der Waals surface area contributed by atoms with Crippen molar-refractivity contribution in [2.75, 3.05) is 26.7 Å². The van der Waals surface area contributed by atoms with E-state index in [-0.39, 0.29) is 0 Å². The Balaban J connectivity index is 1.70. The average Bonchev–Trinajstić information content (AvgIpc) is 3.11. The number of rotatable bonds is 5. The minimum atomic E-state index is 0.341. The van der Waals surface area contributed by atoms with E-state index in [4.69, 9.17) is 4.74 Å². The number of guanidine groups is 1. The smallest absolute Gasteiger partial charge is 0.191 e. The summed E-state index contributed by atoms with van der Waals surface area (Å²) in [6.07, 6.45) is 2.66. The van der Waals surface area contributed by atoms with Crippen LogP contribution in [-0.4, -0.2) is 38.8 Å². The third kappa shape index (κ3) is 4.51. The lowest BCUT2D eigenvalue weighted by molar-refractivity contribution is 0.114. The normalized spacial score (nSPS) is 21.4. The van der Waals surface area contributed by atoms with Crippen molar-refractivity contribution in [3.63, 3.8) is 0 Å². The maximum Gasteiger partial charge on any atom is 0.191 e. The van der Waals surface area contributed by atoms with Gasteiger partial charge in [0.05, 0.1) is 6.10 Å². The highest BCUT2D eigenvalue weighted by Crippen LogP contribution is 2.19. The van der Waals surface area contributed by atoms with Crippen LogP contribution in [0.4, 0.5) is 0 Å². The summed E-state index contributed by atoms with van der Waals surface area (Å²) in [5, 5.41) is 8.82. The fraction of sp³-hybridized carbons (Fsp3) is 0.643. The second-order valence-corrected chi connectivity index (χ2v) is 5.86. The summed E-state index contributed by atoms with van der Waals surface area (Å²) in [6, 6.07) is 4.28. The zero-order valence-electron chi connectivity index (χ0n) is 11.7. The Labute approximate surface area is 119 Å². The van der Waals surface area contributed by atoms with E-state index in [0.717, 1.165) is 32.1 Å². The minimum Gasteiger partial charge on any atom is -0.376 e. The molecule has 0 radical (unpaired) electrons. The van der Waals surface area contributed by atoms with Crippen LogP contribution in [0.25, 0.3) is 0 Å². The van der Waals surface area contributed by atoms with E-state index in [1.165, 1.54) is 11.3 Å². The van der Waals surface area contributed by atoms with Gasteiger partial charge in [0.1, 0.15) is 0 Å². The maximum absolute atomic E-state index is 5.59. The molecule has 1 aromatic heterocycles. The van der Waals surface area contributed by atoms with Crippen LogP contribution in [-0.2, 0) is 4.74 Å². The number of hydrogen-bond donors (Lipinski definition) is 2. The summed E-state index contributed by atoms with van der Waals surface area (Å²) in [7, 11) is 1.81. The van der Waals surface area contributed by atoms with Crippen molar-refractivity contribution in [2.24, 2.45) is 4.99 Å². The second kappa shape index (κ2) is 7.50. The van der Waals surface area contributed by atoms with Crippen LogP contribution in [0.5, 0.6) is 0 Å². The van der Waals surface area contributed by atoms with Gasteiger partial charge in [0, 0.05) is 37.5 Å². The Morgan fingerprint density at radius 2 is 2.47 bits per heavy atom. The van der Waals surface area contributed by atoms with Gasteiger partial charge in [-0.05, 0) is 24.3 Å². The van der Waals surface area contributed by atoms with Crippen LogP contribution in [0, 0.1) is 0 Å². The lowest BCUT2D eigenvalue weighted by Crippen LogP contribution is -2.42. The van der Waals surface area contributed by atoms with Crippen molar-refractivity contribution < 1.29 is 4.74 Å². The number of hydrogen-bond acceptors (Lipinski definition) is 3. The summed E-state index contributed by atoms with van der Waals surface area (Å²) >= 11 is 1.80. The number of nitrogens with one attached hydrogen (secondary N) is 2. The summed E-state index contributed by atoms with van der Waals surface area (Å²) < 4.78 is 5.59. The van der Waals surface area contributed by atoms with Crippen molar-refractivity contribution in [1.82, 2.24) is 10.6 Å². The van der Waals surface area contributed by atoms with Gasteiger partial charge in [-0.15, -0.1) is 11.3 Å². The molecule has 2 N–H and O–H groups in total. The van der Waals surface area contributed by atoms with Crippen LogP contribution in [0.1, 0.15) is 30.6 Å². The molecular formula is C14H23N3OS. The number of aliphatic imine (C=N–C) groups is 1. The first-order chi connectivity index (χ1) is 9.29. The largest absolute Gasteiger partial charge is 0.376 e. The molecule has 0 saturated carbocycles. The molecule has 0 aliphatic carbocycles. The molecular weight excluding hydrogens is 258 g/mol. The summed E-state index contributed by atoms with van der Waals surface area (Å²) in [4.78, 5) is 5.65. The molecule has 1 aromatic rings. The Kier molecular flexibility index (Phi) is 5.66. The second-order valence-electron chi connectivity index (χ2n) is 4.89. The van der Waals surface area contributed by atoms with Gasteiger partial charge < -0.3 is 15.4 Å². The third-order valence-corrected chi connectivity index (χ3v) is 4.45. The molecule has 1 saturated heterocycles. The van der Waals surface area contributed by atoms with Gasteiger partial charge in [-0.3, -0.25) is 4.99 Å². The molecule has 2 heterocycles. The monoisotopic (exact) mass is 281 g/mol. The summed E-state index contributed by atoms with van der Waals surface area (Å²) in [6.45, 7) is 4.86. The number of thiophene rings is 1. The molecule has 1 aliphatic heterocycles. The standard InChI is InChI=1S/C14H23N3OS/c1-11(13-6-4-8-19-13)9-16-14(15-2)17-10-12-5-3-7-18-12/h4,6,8,11-12H,3,5,7,9-10H2,1-2H3,(H2,15,16,17). The van der Waals surface area contributed by atoms with Crippen LogP contribution in [0.15, 0.2) is 22.5 Å². The van der Waals surface area contributed by atoms with E-state index in [9.17, 15) is 0 Å². The molecule has 2 unspecified atom stereocenters. The summed E-state index contributed by atoms with van der Waals surface area (Å²) in [5.41, 5.74) is 0. The van der Waals surface area contributed by atoms with E-state index < -0.39 is 0 Å². The van der Waals surface area contributed by atoms with Crippen molar-refractivity contribution >= 4 is 17.3 Å². The molecule has 106 valence electrons. The average molecular weight is 281 g/mol. The molecule has 0 bridgehead atoms. The van der Waals surface area contributed by atoms with E-state index in [1.807, 2.05) is 0 Å². The van der Waals surface area contributed by atoms with Crippen LogP contribution >= 0.6 is 11.3 Å². The van der Waals surface area contributed by atoms with Crippen molar-refractivity contribution in [3.8, 4) is 0 Å². The predicted octanol–water partition coefficient (Wildman–Crippen LogP) is 2.20. The van der Waals surface area contributed by atoms with E-state index in [1.54, 1.807) is 18.4 Å². The predicted molar refractivity (Wildman–Crippen MR) is 81.1 cm³/mol. The van der Waals surface area contributed by atoms with Gasteiger partial charge in [0.25, 0.3) is 0 Å². The van der Waals surface area contributed by atoms with Gasteiger partial charge in [0.2, 0.25) is 0 Å². The Morgan fingerprint density at radius 3 is 3.11 bits per heavy atom. The Bertz CT molecular complexity index is 385. The molecule has 4 nitrogen and oxygen atoms in total. The zero-order valence-corrected chi connectivity index (χ0v) is 12.5. The van der Waals surface area contributed by atoms with E-state index in [0.29, 0.717) is 12.0 Å². The fourth-order valence-corrected chi connectivity index (χ4v) is 2.95. The molecule has 0 spiro atoms. The lowest BCUT2D eigenvalue weighted by atomic mass is 10.1. The van der Waals surface area contributed by atoms with E-state index >= 15 is 0 Å². The molecule has 2 atom stereocenters. The highest BCUT2D eigenvalue weighted by atomic mass is 32.1. The van der Waals surface area contributed by atoms with Gasteiger partial charge in [-0.2, -0.15) is 0 Å². The topological polar surface area (TPSA) is 45.7 Å². The highest BCUT2D eigenvalue weighted by Gasteiger charge is 2.15. The van der Waals surface area contributed by atoms with Gasteiger partial charge in [-0.1, -0.05) is 13.0 Å². The first kappa shape index (κ1) is 14.3. The Morgan fingerprint density at radius 1 is 1.58 bits per heavy atom. The maximum atomic E-state index is 5.59. The first-order valence-corrected chi connectivity index (χ1v) is 7.77. The summed E-state index contributed by atoms with van der Waals surface area (Å²) in [5.74, 6) is 1.36. The first-order valence-electron chi connectivity index (χ1n) is 6.89. The van der Waals surface area contributed by atoms with Gasteiger partial charge in [0.15, 0.2) is 5.96 Å². The minimum absolute atomic E-state index is 0.341. The molecule has 19 heavy (non-hydrogen) atoms. The molecule has 1 fully saturated rings. The molecule has 5 heteroatoms. The van der Waals surface area contributed by atoms with Crippen LogP contribution in [0.3, 0.4) is 0 Å². The van der Waals surface area contributed by atoms with Crippen molar-refractivity contribution in [3.05, 3.63) is 22.4 Å². The number of ether oxygens (including phenoxy) is 1. The quantitative estimate of drug-likeness (QED) is 0.642. The van der Waals surface area contributed by atoms with Gasteiger partial charge >= 0.3 is 0 Å². The van der Waals surface area contributed by atoms with Crippen LogP contribution in [0.2, 0.25) is 0 Å². The van der Waals surface area contributed by atoms with Gasteiger partial charge in [-0.25, -0.2) is 0 Å². The molecule has 0 amide bonds. The fourth-order valence-electron chi connectivity index (χ4n) is 2.16. The molecule has 0 aromatic carbocycles. The van der Waals surface area contributed by atoms with E-state index in [2.05, 4.69) is 40.1 Å². The number of nitrogens with zero attached hydrogens (tertiary/aromatic N) is 1. The lowest BCUT2D eigenvalue weighted by Gasteiger charge is -2.17. The molecule has 2 rings (SSSR count). The van der Waals surface area contributed by atoms with Crippen molar-refractivity contribution in [1.29, 1.82) is 0 Å². The van der Waals surface area contributed by atoms with Crippen LogP contribution < -0.4 is 10.6 Å².